The van der Waals surface area contributed by atoms with Gasteiger partial charge in [0, 0.05) is 4.90 Å². The second-order valence-electron chi connectivity index (χ2n) is 5.57. The Kier molecular flexibility index (Phi) is 5.34. The fourth-order valence-electron chi connectivity index (χ4n) is 2.35. The molecule has 1 fully saturated rings. The molecular formula is C16H20O5S. The quantitative estimate of drug-likeness (QED) is 0.591. The molecule has 0 aliphatic carbocycles. The number of methoxy groups -OCH3 is 1. The smallest absolute Gasteiger partial charge is 0.466 e. The van der Waals surface area contributed by atoms with Crippen LogP contribution in [0.2, 0.25) is 0 Å². The van der Waals surface area contributed by atoms with E-state index in [4.69, 9.17) is 14.2 Å². The van der Waals surface area contributed by atoms with Crippen molar-refractivity contribution in [1.29, 1.82) is 0 Å². The summed E-state index contributed by atoms with van der Waals surface area (Å²) in [6.45, 7) is 4.00. The molecule has 0 saturated carbocycles. The van der Waals surface area contributed by atoms with Crippen LogP contribution in [0, 0.1) is 5.92 Å². The van der Waals surface area contributed by atoms with Crippen LogP contribution in [0.15, 0.2) is 35.2 Å². The Morgan fingerprint density at radius 3 is 2.64 bits per heavy atom. The second-order valence-corrected chi connectivity index (χ2v) is 6.62. The SMILES string of the molecule is COC(=O)[C@]1(CSc2ccccc2)OC(=O)O[C@@H]1CC(C)C. The maximum atomic E-state index is 12.3. The van der Waals surface area contributed by atoms with Crippen LogP contribution in [0.1, 0.15) is 20.3 Å². The Bertz CT molecular complexity index is 531. The Morgan fingerprint density at radius 1 is 1.36 bits per heavy atom. The molecule has 0 radical (unpaired) electrons. The second kappa shape index (κ2) is 7.05. The van der Waals surface area contributed by atoms with Crippen molar-refractivity contribution in [3.8, 4) is 0 Å². The lowest BCUT2D eigenvalue weighted by Crippen LogP contribution is -2.51. The number of carbonyl (C=O) groups is 2. The van der Waals surface area contributed by atoms with Crippen LogP contribution in [0.3, 0.4) is 0 Å². The van der Waals surface area contributed by atoms with Crippen LogP contribution >= 0.6 is 11.8 Å². The normalized spacial score (nSPS) is 24.0. The van der Waals surface area contributed by atoms with Crippen molar-refractivity contribution < 1.29 is 23.8 Å². The van der Waals surface area contributed by atoms with Crippen molar-refractivity contribution in [1.82, 2.24) is 0 Å². The molecule has 0 N–H and O–H groups in total. The van der Waals surface area contributed by atoms with Gasteiger partial charge in [-0.05, 0) is 24.5 Å². The van der Waals surface area contributed by atoms with Gasteiger partial charge in [0.05, 0.1) is 12.9 Å². The van der Waals surface area contributed by atoms with Gasteiger partial charge in [0.1, 0.15) is 0 Å². The summed E-state index contributed by atoms with van der Waals surface area (Å²) in [5, 5.41) is 0. The highest BCUT2D eigenvalue weighted by atomic mass is 32.2. The zero-order chi connectivity index (χ0) is 16.2. The summed E-state index contributed by atoms with van der Waals surface area (Å²) in [4.78, 5) is 24.9. The Labute approximate surface area is 134 Å². The first kappa shape index (κ1) is 16.7. The molecule has 0 spiro atoms. The molecule has 1 aliphatic rings. The molecule has 1 saturated heterocycles. The summed E-state index contributed by atoms with van der Waals surface area (Å²) < 4.78 is 15.4. The first-order chi connectivity index (χ1) is 10.5. The summed E-state index contributed by atoms with van der Waals surface area (Å²) in [6, 6.07) is 9.61. The fraction of sp³-hybridized carbons (Fsp3) is 0.500. The minimum Gasteiger partial charge on any atom is -0.466 e. The van der Waals surface area contributed by atoms with Gasteiger partial charge < -0.3 is 14.2 Å². The topological polar surface area (TPSA) is 61.8 Å². The third kappa shape index (κ3) is 3.55. The van der Waals surface area contributed by atoms with E-state index in [1.165, 1.54) is 18.9 Å². The summed E-state index contributed by atoms with van der Waals surface area (Å²) in [5.41, 5.74) is -1.39. The highest BCUT2D eigenvalue weighted by molar-refractivity contribution is 7.99. The van der Waals surface area contributed by atoms with Crippen LogP contribution in [-0.2, 0) is 19.0 Å². The molecule has 5 nitrogen and oxygen atoms in total. The van der Waals surface area contributed by atoms with Crippen LogP contribution < -0.4 is 0 Å². The van der Waals surface area contributed by atoms with E-state index in [9.17, 15) is 9.59 Å². The molecule has 6 heteroatoms. The number of thioether (sulfide) groups is 1. The van der Waals surface area contributed by atoms with E-state index in [2.05, 4.69) is 0 Å². The summed E-state index contributed by atoms with van der Waals surface area (Å²) in [5.74, 6) is -0.0648. The molecule has 1 aliphatic heterocycles. The Morgan fingerprint density at radius 2 is 2.05 bits per heavy atom. The number of carbonyl (C=O) groups excluding carboxylic acids is 2. The predicted molar refractivity (Wildman–Crippen MR) is 82.7 cm³/mol. The van der Waals surface area contributed by atoms with E-state index in [0.29, 0.717) is 6.42 Å². The average molecular weight is 324 g/mol. The van der Waals surface area contributed by atoms with Gasteiger partial charge in [0.15, 0.2) is 6.10 Å². The van der Waals surface area contributed by atoms with E-state index in [-0.39, 0.29) is 11.7 Å². The minimum absolute atomic E-state index is 0.255. The van der Waals surface area contributed by atoms with E-state index in [0.717, 1.165) is 4.90 Å². The zero-order valence-corrected chi connectivity index (χ0v) is 13.7. The molecule has 1 heterocycles. The first-order valence-electron chi connectivity index (χ1n) is 7.14. The molecular weight excluding hydrogens is 304 g/mol. The summed E-state index contributed by atoms with van der Waals surface area (Å²) >= 11 is 1.44. The lowest BCUT2D eigenvalue weighted by molar-refractivity contribution is -0.160. The van der Waals surface area contributed by atoms with Crippen LogP contribution in [0.25, 0.3) is 0 Å². The number of esters is 1. The third-order valence-corrected chi connectivity index (χ3v) is 4.62. The van der Waals surface area contributed by atoms with Gasteiger partial charge in [0.2, 0.25) is 0 Å². The molecule has 0 amide bonds. The lowest BCUT2D eigenvalue weighted by atomic mass is 9.92. The maximum absolute atomic E-state index is 12.3. The predicted octanol–water partition coefficient (Wildman–Crippen LogP) is 3.27. The summed E-state index contributed by atoms with van der Waals surface area (Å²) in [6.07, 6.45) is -0.913. The molecule has 0 aromatic heterocycles. The van der Waals surface area contributed by atoms with Gasteiger partial charge in [-0.2, -0.15) is 0 Å². The van der Waals surface area contributed by atoms with E-state index in [1.54, 1.807) is 0 Å². The molecule has 1 aromatic carbocycles. The van der Waals surface area contributed by atoms with Crippen LogP contribution in [-0.4, -0.2) is 36.7 Å². The molecule has 0 bridgehead atoms. The van der Waals surface area contributed by atoms with Crippen molar-refractivity contribution in [2.24, 2.45) is 5.92 Å². The molecule has 2 atom stereocenters. The van der Waals surface area contributed by atoms with Gasteiger partial charge in [-0.3, -0.25) is 0 Å². The minimum atomic E-state index is -1.39. The first-order valence-corrected chi connectivity index (χ1v) is 8.12. The standard InChI is InChI=1S/C16H20O5S/c1-11(2)9-13-16(14(17)19-3,21-15(18)20-13)10-22-12-7-5-4-6-8-12/h4-8,11,13H,9-10H2,1-3H3/t13-,16-/m1/s1. The van der Waals surface area contributed by atoms with E-state index >= 15 is 0 Å². The van der Waals surface area contributed by atoms with Crippen molar-refractivity contribution in [2.75, 3.05) is 12.9 Å². The van der Waals surface area contributed by atoms with Crippen molar-refractivity contribution in [3.63, 3.8) is 0 Å². The third-order valence-electron chi connectivity index (χ3n) is 3.44. The number of cyclic esters (lactones) is 2. The maximum Gasteiger partial charge on any atom is 0.510 e. The van der Waals surface area contributed by atoms with Gasteiger partial charge >= 0.3 is 12.1 Å². The molecule has 120 valence electrons. The van der Waals surface area contributed by atoms with Crippen LogP contribution in [0.5, 0.6) is 0 Å². The number of hydrogen-bond donors (Lipinski definition) is 0. The largest absolute Gasteiger partial charge is 0.510 e. The average Bonchev–Trinajstić information content (AvgIpc) is 2.81. The molecule has 0 unspecified atom stereocenters. The van der Waals surface area contributed by atoms with Crippen molar-refractivity contribution >= 4 is 23.9 Å². The number of benzene rings is 1. The lowest BCUT2D eigenvalue weighted by Gasteiger charge is -2.28. The molecule has 1 aromatic rings. The van der Waals surface area contributed by atoms with Gasteiger partial charge in [-0.1, -0.05) is 32.0 Å². The highest BCUT2D eigenvalue weighted by Gasteiger charge is 2.58. The monoisotopic (exact) mass is 324 g/mol. The van der Waals surface area contributed by atoms with Gasteiger partial charge in [-0.15, -0.1) is 11.8 Å². The van der Waals surface area contributed by atoms with Crippen molar-refractivity contribution in [3.05, 3.63) is 30.3 Å². The van der Waals surface area contributed by atoms with Crippen molar-refractivity contribution in [2.45, 2.75) is 36.9 Å². The number of rotatable bonds is 6. The Hall–Kier alpha value is -1.69. The zero-order valence-electron chi connectivity index (χ0n) is 12.9. The number of hydrogen-bond acceptors (Lipinski definition) is 6. The number of ether oxygens (including phenoxy) is 3. The van der Waals surface area contributed by atoms with E-state index < -0.39 is 23.8 Å². The fourth-order valence-corrected chi connectivity index (χ4v) is 3.44. The molecule has 22 heavy (non-hydrogen) atoms. The highest BCUT2D eigenvalue weighted by Crippen LogP contribution is 2.37. The summed E-state index contributed by atoms with van der Waals surface area (Å²) in [7, 11) is 1.29. The van der Waals surface area contributed by atoms with Gasteiger partial charge in [-0.25, -0.2) is 9.59 Å². The Balaban J connectivity index is 2.22. The van der Waals surface area contributed by atoms with Crippen LogP contribution in [0.4, 0.5) is 4.79 Å². The van der Waals surface area contributed by atoms with Gasteiger partial charge in [0.25, 0.3) is 5.60 Å². The van der Waals surface area contributed by atoms with E-state index in [1.807, 2.05) is 44.2 Å². The molecule has 2 rings (SSSR count).